The summed E-state index contributed by atoms with van der Waals surface area (Å²) in [5.74, 6) is 0.508. The first-order valence-electron chi connectivity index (χ1n) is 15.7. The molecule has 2 heterocycles. The number of aliphatic imine (C=N–C) groups is 2. The van der Waals surface area contributed by atoms with Gasteiger partial charge in [0.15, 0.2) is 0 Å². The van der Waals surface area contributed by atoms with Gasteiger partial charge >= 0.3 is 0 Å². The molecule has 2 aliphatic heterocycles. The summed E-state index contributed by atoms with van der Waals surface area (Å²) in [6, 6.07) is 24.6. The first-order valence-corrected chi connectivity index (χ1v) is 18.0. The van der Waals surface area contributed by atoms with Crippen LogP contribution in [0.5, 0.6) is 0 Å². The molecule has 2 amide bonds. The highest BCUT2D eigenvalue weighted by molar-refractivity contribution is 6.39. The molecule has 0 aromatic heterocycles. The smallest absolute Gasteiger partial charge is 0.278 e. The molecule has 6 nitrogen and oxygen atoms in total. The van der Waals surface area contributed by atoms with Crippen molar-refractivity contribution < 1.29 is 9.59 Å². The summed E-state index contributed by atoms with van der Waals surface area (Å²) in [6.07, 6.45) is 6.46. The number of carbonyl (C=O) groups excluding carboxylic acids is 2. The Labute approximate surface area is 320 Å². The van der Waals surface area contributed by atoms with Gasteiger partial charge in [-0.15, -0.1) is 0 Å². The van der Waals surface area contributed by atoms with E-state index < -0.39 is 0 Å². The number of unbranched alkanes of at least 4 members (excludes halogenated alkanes) is 3. The number of hydrogen-bond acceptors (Lipinski definition) is 4. The summed E-state index contributed by atoms with van der Waals surface area (Å²) < 4.78 is 0. The third kappa shape index (κ3) is 8.46. The second kappa shape index (κ2) is 16.2. The van der Waals surface area contributed by atoms with Gasteiger partial charge in [-0.3, -0.25) is 19.4 Å². The van der Waals surface area contributed by atoms with Gasteiger partial charge in [0.2, 0.25) is 0 Å². The van der Waals surface area contributed by atoms with Crippen LogP contribution in [0.1, 0.15) is 47.9 Å². The van der Waals surface area contributed by atoms with E-state index in [1.165, 1.54) is 0 Å². The largest absolute Gasteiger partial charge is 0.291 e. The Morgan fingerprint density at radius 3 is 1.20 bits per heavy atom. The normalized spacial score (nSPS) is 16.2. The molecule has 2 aliphatic rings. The standard InChI is InChI=1S/C38H28Cl6N4O2/c39-25-9-5-23(6-10-25)19-33-37(49)47(35(45-33)29-15-13-27(41)21-31(29)43)17-3-1-2-4-18-48-36(30-16-14-28(42)22-32(30)44)46-34(38(48)50)20-24-7-11-26(40)12-8-24/h5-16,19-22H,1-4,17-18H2/b33-19-,34-20+. The summed E-state index contributed by atoms with van der Waals surface area (Å²) in [7, 11) is 0. The lowest BCUT2D eigenvalue weighted by Gasteiger charge is -2.20. The number of halogens is 6. The molecule has 0 unspecified atom stereocenters. The maximum Gasteiger partial charge on any atom is 0.278 e. The van der Waals surface area contributed by atoms with Gasteiger partial charge in [0.1, 0.15) is 23.1 Å². The van der Waals surface area contributed by atoms with E-state index in [0.29, 0.717) is 90.3 Å². The molecule has 0 aliphatic carbocycles. The first-order chi connectivity index (χ1) is 24.1. The van der Waals surface area contributed by atoms with E-state index in [-0.39, 0.29) is 11.8 Å². The third-order valence-corrected chi connectivity index (χ3v) is 9.70. The molecule has 12 heteroatoms. The van der Waals surface area contributed by atoms with Gasteiger partial charge in [-0.2, -0.15) is 0 Å². The predicted molar refractivity (Wildman–Crippen MR) is 207 cm³/mol. The summed E-state index contributed by atoms with van der Waals surface area (Å²) in [5, 5.41) is 2.99. The Bertz CT molecular complexity index is 1930. The lowest BCUT2D eigenvalue weighted by Crippen LogP contribution is -2.34. The minimum absolute atomic E-state index is 0.218. The fourth-order valence-corrected chi connectivity index (χ4v) is 6.83. The summed E-state index contributed by atoms with van der Waals surface area (Å²) >= 11 is 37.5. The molecular weight excluding hydrogens is 757 g/mol. The Morgan fingerprint density at radius 2 is 0.840 bits per heavy atom. The summed E-state index contributed by atoms with van der Waals surface area (Å²) in [4.78, 5) is 40.0. The van der Waals surface area contributed by atoms with Crippen molar-refractivity contribution in [3.05, 3.63) is 149 Å². The SMILES string of the molecule is O=C1/C(=C/c2ccc(Cl)cc2)N=C(c2ccc(Cl)cc2Cl)N1CCCCCCN1C(=O)/C(=C\c2ccc(Cl)cc2)N=C1c1ccc(Cl)cc1Cl. The van der Waals surface area contributed by atoms with Gasteiger partial charge in [-0.1, -0.05) is 107 Å². The highest BCUT2D eigenvalue weighted by Gasteiger charge is 2.33. The molecule has 6 rings (SSSR count). The van der Waals surface area contributed by atoms with Crippen LogP contribution in [0.4, 0.5) is 0 Å². The van der Waals surface area contributed by atoms with Crippen LogP contribution in [-0.4, -0.2) is 46.4 Å². The zero-order valence-corrected chi connectivity index (χ0v) is 30.9. The van der Waals surface area contributed by atoms with Crippen LogP contribution in [0.25, 0.3) is 12.2 Å². The maximum atomic E-state index is 13.6. The van der Waals surface area contributed by atoms with Gasteiger partial charge in [-0.25, -0.2) is 9.98 Å². The molecule has 50 heavy (non-hydrogen) atoms. The van der Waals surface area contributed by atoms with Crippen molar-refractivity contribution in [1.29, 1.82) is 0 Å². The minimum Gasteiger partial charge on any atom is -0.291 e. The maximum absolute atomic E-state index is 13.6. The van der Waals surface area contributed by atoms with Crippen LogP contribution in [0.2, 0.25) is 30.1 Å². The van der Waals surface area contributed by atoms with Crippen LogP contribution in [-0.2, 0) is 9.59 Å². The minimum atomic E-state index is -0.218. The Morgan fingerprint density at radius 1 is 0.480 bits per heavy atom. The van der Waals surface area contributed by atoms with Gasteiger partial charge in [0.05, 0.1) is 10.0 Å². The van der Waals surface area contributed by atoms with Crippen molar-refractivity contribution in [2.75, 3.05) is 13.1 Å². The van der Waals surface area contributed by atoms with Crippen LogP contribution >= 0.6 is 69.6 Å². The quantitative estimate of drug-likeness (QED) is 0.112. The number of benzene rings is 4. The van der Waals surface area contributed by atoms with Crippen LogP contribution < -0.4 is 0 Å². The van der Waals surface area contributed by atoms with Crippen molar-refractivity contribution >= 4 is 105 Å². The van der Waals surface area contributed by atoms with Crippen LogP contribution in [0.15, 0.2) is 106 Å². The molecule has 0 bridgehead atoms. The number of nitrogens with zero attached hydrogens (tertiary/aromatic N) is 4. The van der Waals surface area contributed by atoms with E-state index in [1.54, 1.807) is 82.6 Å². The fourth-order valence-electron chi connectivity index (χ4n) is 5.60. The topological polar surface area (TPSA) is 65.3 Å². The molecule has 4 aromatic rings. The van der Waals surface area contributed by atoms with Gasteiger partial charge < -0.3 is 0 Å². The van der Waals surface area contributed by atoms with E-state index in [4.69, 9.17) is 79.6 Å². The zero-order chi connectivity index (χ0) is 35.4. The van der Waals surface area contributed by atoms with Crippen molar-refractivity contribution in [1.82, 2.24) is 9.80 Å². The molecule has 0 saturated heterocycles. The molecule has 0 saturated carbocycles. The highest BCUT2D eigenvalue weighted by Crippen LogP contribution is 2.31. The lowest BCUT2D eigenvalue weighted by atomic mass is 10.1. The molecule has 254 valence electrons. The second-order valence-corrected chi connectivity index (χ2v) is 14.2. The number of hydrogen-bond donors (Lipinski definition) is 0. The Kier molecular flexibility index (Phi) is 11.7. The monoisotopic (exact) mass is 782 g/mol. The zero-order valence-electron chi connectivity index (χ0n) is 26.4. The van der Waals surface area contributed by atoms with Crippen molar-refractivity contribution in [3.8, 4) is 0 Å². The van der Waals surface area contributed by atoms with Crippen LogP contribution in [0, 0.1) is 0 Å². The number of amidine groups is 2. The van der Waals surface area contributed by atoms with E-state index in [9.17, 15) is 9.59 Å². The highest BCUT2D eigenvalue weighted by atomic mass is 35.5. The van der Waals surface area contributed by atoms with E-state index >= 15 is 0 Å². The van der Waals surface area contributed by atoms with E-state index in [0.717, 1.165) is 24.0 Å². The molecule has 0 fully saturated rings. The van der Waals surface area contributed by atoms with Crippen LogP contribution in [0.3, 0.4) is 0 Å². The molecule has 0 spiro atoms. The number of carbonyl (C=O) groups is 2. The van der Waals surface area contributed by atoms with E-state index in [2.05, 4.69) is 0 Å². The third-order valence-electron chi connectivity index (χ3n) is 8.10. The molecule has 0 radical (unpaired) electrons. The molecular formula is C38H28Cl6N4O2. The van der Waals surface area contributed by atoms with Gasteiger partial charge in [-0.05, 0) is 96.8 Å². The van der Waals surface area contributed by atoms with Gasteiger partial charge in [0, 0.05) is 44.3 Å². The fraction of sp³-hybridized carbons (Fsp3) is 0.158. The average Bonchev–Trinajstić information content (AvgIpc) is 3.55. The molecule has 0 N–H and O–H groups in total. The summed E-state index contributed by atoms with van der Waals surface area (Å²) in [6.45, 7) is 0.858. The van der Waals surface area contributed by atoms with Gasteiger partial charge in [0.25, 0.3) is 11.8 Å². The lowest BCUT2D eigenvalue weighted by molar-refractivity contribution is -0.123. The van der Waals surface area contributed by atoms with Crippen molar-refractivity contribution in [2.45, 2.75) is 25.7 Å². The number of amides is 2. The van der Waals surface area contributed by atoms with Crippen molar-refractivity contribution in [2.24, 2.45) is 9.98 Å². The number of rotatable bonds is 11. The van der Waals surface area contributed by atoms with Crippen molar-refractivity contribution in [3.63, 3.8) is 0 Å². The average molecular weight is 785 g/mol. The Balaban J connectivity index is 1.13. The molecule has 4 aromatic carbocycles. The van der Waals surface area contributed by atoms with E-state index in [1.807, 2.05) is 24.3 Å². The molecule has 0 atom stereocenters. The Hall–Kier alpha value is -3.62. The first kappa shape index (κ1) is 36.2. The predicted octanol–water partition coefficient (Wildman–Crippen LogP) is 11.1. The second-order valence-electron chi connectivity index (χ2n) is 11.6. The summed E-state index contributed by atoms with van der Waals surface area (Å²) in [5.41, 5.74) is 3.44.